The normalized spacial score (nSPS) is 10.4. The first-order valence-corrected chi connectivity index (χ1v) is 6.40. The van der Waals surface area contributed by atoms with Crippen LogP contribution in [0.4, 0.5) is 0 Å². The molecule has 0 aliphatic carbocycles. The Kier molecular flexibility index (Phi) is 4.34. The van der Waals surface area contributed by atoms with Gasteiger partial charge in [0.25, 0.3) is 5.91 Å². The number of aryl methyl sites for hydroxylation is 3. The summed E-state index contributed by atoms with van der Waals surface area (Å²) >= 11 is 0. The molecule has 1 aromatic carbocycles. The van der Waals surface area contributed by atoms with Crippen LogP contribution in [0.1, 0.15) is 33.5 Å². The van der Waals surface area contributed by atoms with E-state index < -0.39 is 0 Å². The molecule has 0 saturated carbocycles. The average molecular weight is 258 g/mol. The lowest BCUT2D eigenvalue weighted by molar-refractivity contribution is 0.0952. The van der Waals surface area contributed by atoms with Crippen molar-refractivity contribution >= 4 is 5.91 Å². The summed E-state index contributed by atoms with van der Waals surface area (Å²) in [5.41, 5.74) is 3.98. The molecule has 0 aliphatic rings. The average Bonchev–Trinajstić information content (AvgIpc) is 2.87. The van der Waals surface area contributed by atoms with Gasteiger partial charge >= 0.3 is 0 Å². The smallest absolute Gasteiger partial charge is 0.251 e. The van der Waals surface area contributed by atoms with E-state index in [9.17, 15) is 4.79 Å². The Labute approximate surface area is 112 Å². The van der Waals surface area contributed by atoms with Gasteiger partial charge in [-0.2, -0.15) is 0 Å². The van der Waals surface area contributed by atoms with Crippen molar-refractivity contribution in [2.75, 3.05) is 6.54 Å². The van der Waals surface area contributed by atoms with Crippen LogP contribution >= 0.6 is 0 Å². The monoisotopic (exact) mass is 258 g/mol. The van der Waals surface area contributed by atoms with Crippen LogP contribution < -0.4 is 5.32 Å². The fraction of sp³-hybridized carbons (Fsp3) is 0.333. The minimum absolute atomic E-state index is 0.0113. The Hall–Kier alpha value is -2.10. The van der Waals surface area contributed by atoms with Gasteiger partial charge in [-0.1, -0.05) is 22.9 Å². The highest BCUT2D eigenvalue weighted by atomic mass is 16.5. The molecule has 0 saturated heterocycles. The third-order valence-electron chi connectivity index (χ3n) is 3.04. The fourth-order valence-corrected chi connectivity index (χ4v) is 2.01. The summed E-state index contributed by atoms with van der Waals surface area (Å²) in [6, 6.07) is 5.85. The predicted octanol–water partition coefficient (Wildman–Crippen LogP) is 2.65. The summed E-state index contributed by atoms with van der Waals surface area (Å²) in [6.45, 7) is 4.63. The highest BCUT2D eigenvalue weighted by molar-refractivity contribution is 5.95. The minimum Gasteiger partial charge on any atom is -0.364 e. The molecule has 0 radical (unpaired) electrons. The number of nitrogens with one attached hydrogen (secondary N) is 1. The number of carbonyl (C=O) groups excluding carboxylic acids is 1. The maximum atomic E-state index is 12.0. The SMILES string of the molecule is Cc1ccc(C(=O)NCCCc2cnoc2)c(C)c1. The first kappa shape index (κ1) is 13.3. The fourth-order valence-electron chi connectivity index (χ4n) is 2.01. The molecule has 0 bridgehead atoms. The molecule has 0 fully saturated rings. The van der Waals surface area contributed by atoms with Crippen molar-refractivity contribution in [2.45, 2.75) is 26.7 Å². The molecule has 0 atom stereocenters. The number of aromatic nitrogens is 1. The maximum Gasteiger partial charge on any atom is 0.251 e. The van der Waals surface area contributed by atoms with Gasteiger partial charge in [0.05, 0.1) is 6.20 Å². The lowest BCUT2D eigenvalue weighted by Crippen LogP contribution is -2.25. The number of benzene rings is 1. The molecule has 0 unspecified atom stereocenters. The summed E-state index contributed by atoms with van der Waals surface area (Å²) < 4.78 is 4.75. The third kappa shape index (κ3) is 3.68. The van der Waals surface area contributed by atoms with Crippen molar-refractivity contribution in [3.05, 3.63) is 52.9 Å². The van der Waals surface area contributed by atoms with E-state index >= 15 is 0 Å². The van der Waals surface area contributed by atoms with Crippen molar-refractivity contribution in [3.63, 3.8) is 0 Å². The van der Waals surface area contributed by atoms with Crippen LogP contribution in [0.2, 0.25) is 0 Å². The molecule has 100 valence electrons. The molecule has 1 N–H and O–H groups in total. The van der Waals surface area contributed by atoms with Crippen molar-refractivity contribution < 1.29 is 9.32 Å². The second-order valence-corrected chi connectivity index (χ2v) is 4.71. The van der Waals surface area contributed by atoms with Gasteiger partial charge in [-0.15, -0.1) is 0 Å². The van der Waals surface area contributed by atoms with Crippen LogP contribution in [0.5, 0.6) is 0 Å². The maximum absolute atomic E-state index is 12.0. The highest BCUT2D eigenvalue weighted by Crippen LogP contribution is 2.10. The van der Waals surface area contributed by atoms with Gasteiger partial charge in [0.15, 0.2) is 0 Å². The molecule has 2 aromatic rings. The van der Waals surface area contributed by atoms with E-state index in [0.717, 1.165) is 29.5 Å². The Morgan fingerprint density at radius 3 is 2.89 bits per heavy atom. The van der Waals surface area contributed by atoms with E-state index in [0.29, 0.717) is 6.54 Å². The lowest BCUT2D eigenvalue weighted by atomic mass is 10.1. The number of hydrogen-bond donors (Lipinski definition) is 1. The summed E-state index contributed by atoms with van der Waals surface area (Å²) in [6.07, 6.45) is 5.06. The number of amides is 1. The van der Waals surface area contributed by atoms with Gasteiger partial charge in [-0.05, 0) is 38.3 Å². The van der Waals surface area contributed by atoms with Crippen LogP contribution in [0.25, 0.3) is 0 Å². The summed E-state index contributed by atoms with van der Waals surface area (Å²) in [7, 11) is 0. The quantitative estimate of drug-likeness (QED) is 0.839. The van der Waals surface area contributed by atoms with Crippen LogP contribution in [0.3, 0.4) is 0 Å². The van der Waals surface area contributed by atoms with E-state index in [-0.39, 0.29) is 5.91 Å². The molecule has 1 amide bonds. The number of carbonyl (C=O) groups is 1. The Morgan fingerprint density at radius 1 is 1.37 bits per heavy atom. The third-order valence-corrected chi connectivity index (χ3v) is 3.04. The first-order chi connectivity index (χ1) is 9.16. The van der Waals surface area contributed by atoms with Crippen LogP contribution in [-0.4, -0.2) is 17.6 Å². The highest BCUT2D eigenvalue weighted by Gasteiger charge is 2.08. The molecule has 1 heterocycles. The van der Waals surface area contributed by atoms with Gasteiger partial charge < -0.3 is 9.84 Å². The molecular formula is C15H18N2O2. The van der Waals surface area contributed by atoms with Gasteiger partial charge in [-0.25, -0.2) is 0 Å². The molecule has 4 heteroatoms. The summed E-state index contributed by atoms with van der Waals surface area (Å²) in [4.78, 5) is 12.0. The largest absolute Gasteiger partial charge is 0.364 e. The van der Waals surface area contributed by atoms with Crippen molar-refractivity contribution in [2.24, 2.45) is 0 Å². The van der Waals surface area contributed by atoms with Crippen LogP contribution in [-0.2, 0) is 6.42 Å². The topological polar surface area (TPSA) is 55.1 Å². The lowest BCUT2D eigenvalue weighted by Gasteiger charge is -2.08. The molecule has 19 heavy (non-hydrogen) atoms. The van der Waals surface area contributed by atoms with Gasteiger partial charge in [-0.3, -0.25) is 4.79 Å². The zero-order valence-corrected chi connectivity index (χ0v) is 11.3. The first-order valence-electron chi connectivity index (χ1n) is 6.40. The standard InChI is InChI=1S/C15H18N2O2/c1-11-5-6-14(12(2)8-11)15(18)16-7-3-4-13-9-17-19-10-13/h5-6,8-10H,3-4,7H2,1-2H3,(H,16,18). The summed E-state index contributed by atoms with van der Waals surface area (Å²) in [5, 5.41) is 6.57. The zero-order valence-electron chi connectivity index (χ0n) is 11.3. The minimum atomic E-state index is -0.0113. The molecule has 1 aromatic heterocycles. The van der Waals surface area contributed by atoms with Crippen LogP contribution in [0.15, 0.2) is 35.2 Å². The van der Waals surface area contributed by atoms with E-state index in [1.807, 2.05) is 32.0 Å². The van der Waals surface area contributed by atoms with Crippen LogP contribution in [0, 0.1) is 13.8 Å². The molecule has 4 nitrogen and oxygen atoms in total. The molecule has 0 aliphatic heterocycles. The molecule has 2 rings (SSSR count). The Bertz CT molecular complexity index is 547. The van der Waals surface area contributed by atoms with Gasteiger partial charge in [0.1, 0.15) is 6.26 Å². The Balaban J connectivity index is 1.81. The Morgan fingerprint density at radius 2 is 2.21 bits per heavy atom. The molecule has 0 spiro atoms. The van der Waals surface area contributed by atoms with E-state index in [1.165, 1.54) is 5.56 Å². The summed E-state index contributed by atoms with van der Waals surface area (Å²) in [5.74, 6) is -0.0113. The van der Waals surface area contributed by atoms with E-state index in [4.69, 9.17) is 4.52 Å². The van der Waals surface area contributed by atoms with E-state index in [1.54, 1.807) is 12.5 Å². The second kappa shape index (κ2) is 6.18. The predicted molar refractivity (Wildman–Crippen MR) is 73.1 cm³/mol. The van der Waals surface area contributed by atoms with Gasteiger partial charge in [0, 0.05) is 17.7 Å². The second-order valence-electron chi connectivity index (χ2n) is 4.71. The number of rotatable bonds is 5. The van der Waals surface area contributed by atoms with Crippen molar-refractivity contribution in [1.29, 1.82) is 0 Å². The number of nitrogens with zero attached hydrogens (tertiary/aromatic N) is 1. The molecular weight excluding hydrogens is 240 g/mol. The number of hydrogen-bond acceptors (Lipinski definition) is 3. The van der Waals surface area contributed by atoms with Gasteiger partial charge in [0.2, 0.25) is 0 Å². The zero-order chi connectivity index (χ0) is 13.7. The van der Waals surface area contributed by atoms with E-state index in [2.05, 4.69) is 10.5 Å². The van der Waals surface area contributed by atoms with Crippen molar-refractivity contribution in [3.8, 4) is 0 Å². The van der Waals surface area contributed by atoms with Crippen molar-refractivity contribution in [1.82, 2.24) is 10.5 Å².